The summed E-state index contributed by atoms with van der Waals surface area (Å²) >= 11 is 5.86. The summed E-state index contributed by atoms with van der Waals surface area (Å²) < 4.78 is 27.2. The largest absolute Gasteiger partial charge is 0.348 e. The standard InChI is InChI=1S/C17H14ClF2NO/c1-17(10-5-7-11(18)8-6-10)9-14(17)21-16(22)15-12(19)3-2-4-13(15)20/h2-8,14H,9H2,1H3,(H,21,22)/t14?,17-/m1/s1. The van der Waals surface area contributed by atoms with Gasteiger partial charge in [0.25, 0.3) is 5.91 Å². The Kier molecular flexibility index (Phi) is 3.65. The molecule has 0 spiro atoms. The second-order valence-electron chi connectivity index (χ2n) is 5.75. The van der Waals surface area contributed by atoms with E-state index in [0.717, 1.165) is 24.1 Å². The number of carbonyl (C=O) groups is 1. The van der Waals surface area contributed by atoms with E-state index in [-0.39, 0.29) is 11.5 Å². The van der Waals surface area contributed by atoms with Crippen molar-refractivity contribution < 1.29 is 13.6 Å². The lowest BCUT2D eigenvalue weighted by Crippen LogP contribution is -2.31. The predicted molar refractivity (Wildman–Crippen MR) is 81.0 cm³/mol. The van der Waals surface area contributed by atoms with E-state index < -0.39 is 23.1 Å². The highest BCUT2D eigenvalue weighted by atomic mass is 35.5. The van der Waals surface area contributed by atoms with Crippen LogP contribution < -0.4 is 5.32 Å². The number of hydrogen-bond donors (Lipinski definition) is 1. The van der Waals surface area contributed by atoms with Crippen LogP contribution in [0.15, 0.2) is 42.5 Å². The third kappa shape index (κ3) is 2.59. The van der Waals surface area contributed by atoms with Gasteiger partial charge in [-0.1, -0.05) is 36.7 Å². The number of benzene rings is 2. The van der Waals surface area contributed by atoms with Gasteiger partial charge in [0.15, 0.2) is 0 Å². The van der Waals surface area contributed by atoms with Crippen molar-refractivity contribution in [3.63, 3.8) is 0 Å². The van der Waals surface area contributed by atoms with Crippen LogP contribution in [0.5, 0.6) is 0 Å². The van der Waals surface area contributed by atoms with Gasteiger partial charge >= 0.3 is 0 Å². The van der Waals surface area contributed by atoms with Crippen molar-refractivity contribution in [2.75, 3.05) is 0 Å². The predicted octanol–water partition coefficient (Wildman–Crippen LogP) is 4.08. The summed E-state index contributed by atoms with van der Waals surface area (Å²) in [6.45, 7) is 2.00. The fraction of sp³-hybridized carbons (Fsp3) is 0.235. The summed E-state index contributed by atoms with van der Waals surface area (Å²) in [6, 6.07) is 10.6. The number of halogens is 3. The fourth-order valence-electron chi connectivity index (χ4n) is 2.67. The van der Waals surface area contributed by atoms with Gasteiger partial charge in [0.2, 0.25) is 0 Å². The van der Waals surface area contributed by atoms with Gasteiger partial charge in [-0.2, -0.15) is 0 Å². The van der Waals surface area contributed by atoms with Crippen LogP contribution in [0, 0.1) is 11.6 Å². The maximum atomic E-state index is 13.6. The third-order valence-electron chi connectivity index (χ3n) is 4.24. The Morgan fingerprint density at radius 2 is 1.77 bits per heavy atom. The Balaban J connectivity index is 1.76. The van der Waals surface area contributed by atoms with Gasteiger partial charge in [-0.15, -0.1) is 0 Å². The minimum absolute atomic E-state index is 0.153. The summed E-state index contributed by atoms with van der Waals surface area (Å²) in [4.78, 5) is 12.1. The number of carbonyl (C=O) groups excluding carboxylic acids is 1. The van der Waals surface area contributed by atoms with Gasteiger partial charge in [0.1, 0.15) is 17.2 Å². The molecule has 0 aliphatic heterocycles. The molecule has 1 N–H and O–H groups in total. The fourth-order valence-corrected chi connectivity index (χ4v) is 2.80. The van der Waals surface area contributed by atoms with E-state index in [0.29, 0.717) is 5.02 Å². The summed E-state index contributed by atoms with van der Waals surface area (Å²) in [5, 5.41) is 3.34. The molecule has 1 fully saturated rings. The lowest BCUT2D eigenvalue weighted by atomic mass is 9.97. The first-order chi connectivity index (χ1) is 10.4. The molecule has 0 aromatic heterocycles. The minimum atomic E-state index is -0.855. The van der Waals surface area contributed by atoms with Crippen LogP contribution >= 0.6 is 11.6 Å². The molecule has 1 aliphatic carbocycles. The monoisotopic (exact) mass is 321 g/mol. The first-order valence-electron chi connectivity index (χ1n) is 6.93. The first kappa shape index (κ1) is 15.0. The molecule has 2 nitrogen and oxygen atoms in total. The molecule has 2 atom stereocenters. The van der Waals surface area contributed by atoms with E-state index in [1.807, 2.05) is 19.1 Å². The molecule has 3 rings (SSSR count). The second kappa shape index (κ2) is 5.36. The summed E-state index contributed by atoms with van der Waals surface area (Å²) in [7, 11) is 0. The van der Waals surface area contributed by atoms with Crippen LogP contribution in [0.3, 0.4) is 0 Å². The van der Waals surface area contributed by atoms with E-state index in [1.165, 1.54) is 6.07 Å². The van der Waals surface area contributed by atoms with Crippen molar-refractivity contribution in [2.45, 2.75) is 24.8 Å². The molecular weight excluding hydrogens is 308 g/mol. The number of nitrogens with one attached hydrogen (secondary N) is 1. The van der Waals surface area contributed by atoms with Crippen LogP contribution in [0.1, 0.15) is 29.3 Å². The Morgan fingerprint density at radius 1 is 1.18 bits per heavy atom. The maximum Gasteiger partial charge on any atom is 0.257 e. The normalized spacial score (nSPS) is 23.2. The molecule has 0 heterocycles. The average molecular weight is 322 g/mol. The Hall–Kier alpha value is -1.94. The van der Waals surface area contributed by atoms with Crippen LogP contribution in [0.2, 0.25) is 5.02 Å². The number of rotatable bonds is 3. The summed E-state index contributed by atoms with van der Waals surface area (Å²) in [5.41, 5.74) is 0.270. The molecule has 1 saturated carbocycles. The first-order valence-corrected chi connectivity index (χ1v) is 7.30. The molecule has 0 radical (unpaired) electrons. The van der Waals surface area contributed by atoms with Gasteiger partial charge < -0.3 is 5.32 Å². The Labute approximate surface area is 132 Å². The van der Waals surface area contributed by atoms with Crippen LogP contribution in [0.25, 0.3) is 0 Å². The maximum absolute atomic E-state index is 13.6. The van der Waals surface area contributed by atoms with Crippen molar-refractivity contribution in [1.82, 2.24) is 5.32 Å². The highest BCUT2D eigenvalue weighted by Crippen LogP contribution is 2.48. The number of hydrogen-bond acceptors (Lipinski definition) is 1. The zero-order valence-corrected chi connectivity index (χ0v) is 12.6. The molecule has 2 aromatic rings. The van der Waals surface area contributed by atoms with Crippen LogP contribution in [-0.2, 0) is 5.41 Å². The topological polar surface area (TPSA) is 29.1 Å². The Morgan fingerprint density at radius 3 is 2.36 bits per heavy atom. The SMILES string of the molecule is C[C@]1(c2ccc(Cl)cc2)CC1NC(=O)c1c(F)cccc1F. The molecule has 114 valence electrons. The van der Waals surface area contributed by atoms with Gasteiger partial charge in [0.05, 0.1) is 0 Å². The van der Waals surface area contributed by atoms with Crippen LogP contribution in [0.4, 0.5) is 8.78 Å². The van der Waals surface area contributed by atoms with Crippen molar-refractivity contribution in [3.8, 4) is 0 Å². The number of amides is 1. The van der Waals surface area contributed by atoms with E-state index in [4.69, 9.17) is 11.6 Å². The molecule has 2 aromatic carbocycles. The lowest BCUT2D eigenvalue weighted by molar-refractivity contribution is 0.0939. The van der Waals surface area contributed by atoms with E-state index in [9.17, 15) is 13.6 Å². The molecule has 1 unspecified atom stereocenters. The quantitative estimate of drug-likeness (QED) is 0.907. The van der Waals surface area contributed by atoms with Crippen molar-refractivity contribution in [3.05, 3.63) is 70.2 Å². The van der Waals surface area contributed by atoms with Gasteiger partial charge in [-0.05, 0) is 36.2 Å². The van der Waals surface area contributed by atoms with Gasteiger partial charge in [-0.25, -0.2) is 8.78 Å². The van der Waals surface area contributed by atoms with Gasteiger partial charge in [-0.3, -0.25) is 4.79 Å². The molecule has 0 bridgehead atoms. The zero-order chi connectivity index (χ0) is 15.9. The van der Waals surface area contributed by atoms with Crippen molar-refractivity contribution in [1.29, 1.82) is 0 Å². The minimum Gasteiger partial charge on any atom is -0.348 e. The molecule has 22 heavy (non-hydrogen) atoms. The average Bonchev–Trinajstić information content (AvgIpc) is 3.10. The lowest BCUT2D eigenvalue weighted by Gasteiger charge is -2.13. The van der Waals surface area contributed by atoms with E-state index in [2.05, 4.69) is 5.32 Å². The van der Waals surface area contributed by atoms with Crippen molar-refractivity contribution in [2.24, 2.45) is 0 Å². The smallest absolute Gasteiger partial charge is 0.257 e. The molecule has 1 amide bonds. The second-order valence-corrected chi connectivity index (χ2v) is 6.19. The zero-order valence-electron chi connectivity index (χ0n) is 11.9. The summed E-state index contributed by atoms with van der Waals surface area (Å²) in [5.74, 6) is -2.43. The molecule has 0 saturated heterocycles. The summed E-state index contributed by atoms with van der Waals surface area (Å²) in [6.07, 6.45) is 0.719. The Bertz CT molecular complexity index is 712. The van der Waals surface area contributed by atoms with E-state index >= 15 is 0 Å². The molecule has 5 heteroatoms. The highest BCUT2D eigenvalue weighted by Gasteiger charge is 2.52. The molecule has 1 aliphatic rings. The highest BCUT2D eigenvalue weighted by molar-refractivity contribution is 6.30. The molecular formula is C17H14ClF2NO. The van der Waals surface area contributed by atoms with Gasteiger partial charge in [0, 0.05) is 16.5 Å². The third-order valence-corrected chi connectivity index (χ3v) is 4.49. The van der Waals surface area contributed by atoms with E-state index in [1.54, 1.807) is 12.1 Å². The van der Waals surface area contributed by atoms with Crippen LogP contribution in [-0.4, -0.2) is 11.9 Å². The van der Waals surface area contributed by atoms with Crippen molar-refractivity contribution >= 4 is 17.5 Å².